The molecule has 0 aliphatic rings. The summed E-state index contributed by atoms with van der Waals surface area (Å²) in [4.78, 5) is 0. The molecule has 0 amide bonds. The van der Waals surface area contributed by atoms with Crippen molar-refractivity contribution in [2.75, 3.05) is 13.2 Å². The molecule has 3 heteroatoms. The number of halogens is 1. The quantitative estimate of drug-likeness (QED) is 0.0608. The number of aliphatic hydroxyl groups is 2. The lowest BCUT2D eigenvalue weighted by Crippen LogP contribution is -1.98. The molecule has 0 spiro atoms. The molecular formula is C35H71ClO2. The van der Waals surface area contributed by atoms with E-state index in [-0.39, 0.29) is 0 Å². The first-order valence-corrected chi connectivity index (χ1v) is 18.1. The Hall–Kier alpha value is 0.210. The molecule has 2 nitrogen and oxygen atoms in total. The van der Waals surface area contributed by atoms with Crippen molar-refractivity contribution in [1.29, 1.82) is 0 Å². The number of aliphatic hydroxyl groups excluding tert-OH is 2. The predicted octanol–water partition coefficient (Wildman–Crippen LogP) is 12.1. The summed E-state index contributed by atoms with van der Waals surface area (Å²) in [5, 5.41) is 18.0. The van der Waals surface area contributed by atoms with Crippen molar-refractivity contribution >= 4 is 11.6 Å². The minimum absolute atomic E-state index is 0.361. The Morgan fingerprint density at radius 3 is 0.605 bits per heavy atom. The van der Waals surface area contributed by atoms with Gasteiger partial charge in [-0.25, -0.2) is 0 Å². The summed E-state index contributed by atoms with van der Waals surface area (Å²) >= 11 is 6.58. The lowest BCUT2D eigenvalue weighted by atomic mass is 10.0. The molecule has 1 atom stereocenters. The Morgan fingerprint density at radius 2 is 0.421 bits per heavy atom. The third-order valence-corrected chi connectivity index (χ3v) is 8.79. The summed E-state index contributed by atoms with van der Waals surface area (Å²) in [5.41, 5.74) is 0. The van der Waals surface area contributed by atoms with Crippen LogP contribution in [0, 0.1) is 0 Å². The second-order valence-corrected chi connectivity index (χ2v) is 12.8. The van der Waals surface area contributed by atoms with Gasteiger partial charge in [-0.2, -0.15) is 0 Å². The fourth-order valence-corrected chi connectivity index (χ4v) is 6.00. The van der Waals surface area contributed by atoms with Crippen LogP contribution < -0.4 is 0 Å². The fourth-order valence-electron chi connectivity index (χ4n) is 5.70. The average molecular weight is 559 g/mol. The van der Waals surface area contributed by atoms with E-state index >= 15 is 0 Å². The molecule has 0 rings (SSSR count). The van der Waals surface area contributed by atoms with Crippen LogP contribution >= 0.6 is 11.6 Å². The summed E-state index contributed by atoms with van der Waals surface area (Å²) in [6.07, 6.45) is 43.2. The molecule has 230 valence electrons. The van der Waals surface area contributed by atoms with E-state index in [1.54, 1.807) is 0 Å². The first kappa shape index (κ1) is 38.2. The van der Waals surface area contributed by atoms with Crippen LogP contribution in [0.25, 0.3) is 0 Å². The van der Waals surface area contributed by atoms with E-state index in [4.69, 9.17) is 21.8 Å². The molecule has 0 bridgehead atoms. The summed E-state index contributed by atoms with van der Waals surface area (Å²) in [6, 6.07) is 0. The molecule has 1 unspecified atom stereocenters. The standard InChI is InChI=1S/C35H71ClO2/c36-35(32-28-24-20-16-12-10-14-18-22-26-30-34-38)31-27-23-19-15-11-8-6-4-2-1-3-5-7-9-13-17-21-25-29-33-37/h35,37-38H,1-34H2. The zero-order chi connectivity index (χ0) is 27.6. The van der Waals surface area contributed by atoms with Gasteiger partial charge in [-0.1, -0.05) is 180 Å². The highest BCUT2D eigenvalue weighted by molar-refractivity contribution is 6.20. The molecule has 0 aromatic heterocycles. The van der Waals surface area contributed by atoms with E-state index in [0.717, 1.165) is 12.8 Å². The van der Waals surface area contributed by atoms with E-state index < -0.39 is 0 Å². The van der Waals surface area contributed by atoms with Crippen molar-refractivity contribution in [1.82, 2.24) is 0 Å². The molecule has 0 saturated carbocycles. The number of hydrogen-bond donors (Lipinski definition) is 2. The summed E-state index contributed by atoms with van der Waals surface area (Å²) in [6.45, 7) is 0.728. The van der Waals surface area contributed by atoms with Crippen LogP contribution in [0.3, 0.4) is 0 Å². The van der Waals surface area contributed by atoms with Gasteiger partial charge in [0.15, 0.2) is 0 Å². The molecule has 0 fully saturated rings. The lowest BCUT2D eigenvalue weighted by Gasteiger charge is -2.09. The molecule has 38 heavy (non-hydrogen) atoms. The molecule has 0 aliphatic carbocycles. The molecular weight excluding hydrogens is 488 g/mol. The smallest absolute Gasteiger partial charge is 0.0431 e. The van der Waals surface area contributed by atoms with Crippen LogP contribution in [-0.2, 0) is 0 Å². The minimum Gasteiger partial charge on any atom is -0.396 e. The van der Waals surface area contributed by atoms with Crippen molar-refractivity contribution < 1.29 is 10.2 Å². The molecule has 0 saturated heterocycles. The fraction of sp³-hybridized carbons (Fsp3) is 1.00. The van der Waals surface area contributed by atoms with E-state index in [2.05, 4.69) is 0 Å². The largest absolute Gasteiger partial charge is 0.396 e. The Bertz CT molecular complexity index is 403. The Morgan fingerprint density at radius 1 is 0.263 bits per heavy atom. The number of rotatable bonds is 34. The molecule has 0 aromatic rings. The van der Waals surface area contributed by atoms with E-state index in [9.17, 15) is 0 Å². The Kier molecular flexibility index (Phi) is 35.4. The van der Waals surface area contributed by atoms with Gasteiger partial charge in [0.25, 0.3) is 0 Å². The number of alkyl halides is 1. The summed E-state index contributed by atoms with van der Waals surface area (Å²) in [7, 11) is 0. The van der Waals surface area contributed by atoms with Gasteiger partial charge in [-0.3, -0.25) is 0 Å². The van der Waals surface area contributed by atoms with Crippen LogP contribution in [0.15, 0.2) is 0 Å². The van der Waals surface area contributed by atoms with Crippen LogP contribution in [0.5, 0.6) is 0 Å². The van der Waals surface area contributed by atoms with Crippen LogP contribution in [0.2, 0.25) is 0 Å². The Balaban J connectivity index is 3.12. The van der Waals surface area contributed by atoms with Crippen molar-refractivity contribution in [3.8, 4) is 0 Å². The van der Waals surface area contributed by atoms with Crippen LogP contribution in [-0.4, -0.2) is 28.8 Å². The first-order chi connectivity index (χ1) is 18.8. The van der Waals surface area contributed by atoms with Gasteiger partial charge in [0.05, 0.1) is 0 Å². The van der Waals surface area contributed by atoms with Gasteiger partial charge in [0.2, 0.25) is 0 Å². The minimum atomic E-state index is 0.361. The van der Waals surface area contributed by atoms with Crippen molar-refractivity contribution in [3.63, 3.8) is 0 Å². The number of hydrogen-bond acceptors (Lipinski definition) is 2. The maximum Gasteiger partial charge on any atom is 0.0431 e. The normalized spacial score (nSPS) is 12.4. The molecule has 2 N–H and O–H groups in total. The van der Waals surface area contributed by atoms with Gasteiger partial charge in [0.1, 0.15) is 0 Å². The monoisotopic (exact) mass is 559 g/mol. The average Bonchev–Trinajstić information content (AvgIpc) is 2.92. The highest BCUT2D eigenvalue weighted by Crippen LogP contribution is 2.19. The third-order valence-electron chi connectivity index (χ3n) is 8.35. The first-order valence-electron chi connectivity index (χ1n) is 17.7. The van der Waals surface area contributed by atoms with Crippen molar-refractivity contribution in [3.05, 3.63) is 0 Å². The SMILES string of the molecule is OCCCCCCCCCCCCCCCCCCCCCC(Cl)CCCCCCCCCCCCCO. The van der Waals surface area contributed by atoms with Crippen LogP contribution in [0.1, 0.15) is 205 Å². The zero-order valence-corrected chi connectivity index (χ0v) is 26.6. The highest BCUT2D eigenvalue weighted by atomic mass is 35.5. The second-order valence-electron chi connectivity index (χ2n) is 12.2. The maximum absolute atomic E-state index is 8.79. The summed E-state index contributed by atoms with van der Waals surface area (Å²) in [5.74, 6) is 0. The lowest BCUT2D eigenvalue weighted by molar-refractivity contribution is 0.282. The topological polar surface area (TPSA) is 40.5 Å². The van der Waals surface area contributed by atoms with E-state index in [1.807, 2.05) is 0 Å². The molecule has 0 radical (unpaired) electrons. The highest BCUT2D eigenvalue weighted by Gasteiger charge is 2.04. The van der Waals surface area contributed by atoms with Gasteiger partial charge in [-0.15, -0.1) is 11.6 Å². The van der Waals surface area contributed by atoms with Gasteiger partial charge >= 0.3 is 0 Å². The molecule has 0 aromatic carbocycles. The summed E-state index contributed by atoms with van der Waals surface area (Å²) < 4.78 is 0. The van der Waals surface area contributed by atoms with Gasteiger partial charge in [-0.05, 0) is 25.7 Å². The molecule has 0 aliphatic heterocycles. The maximum atomic E-state index is 8.79. The Labute approximate surface area is 245 Å². The van der Waals surface area contributed by atoms with E-state index in [1.165, 1.54) is 193 Å². The third kappa shape index (κ3) is 34.2. The van der Waals surface area contributed by atoms with Gasteiger partial charge in [0, 0.05) is 18.6 Å². The van der Waals surface area contributed by atoms with E-state index in [0.29, 0.717) is 18.6 Å². The second kappa shape index (κ2) is 35.2. The van der Waals surface area contributed by atoms with Crippen molar-refractivity contribution in [2.24, 2.45) is 0 Å². The van der Waals surface area contributed by atoms with Crippen molar-refractivity contribution in [2.45, 2.75) is 211 Å². The van der Waals surface area contributed by atoms with Crippen LogP contribution in [0.4, 0.5) is 0 Å². The zero-order valence-electron chi connectivity index (χ0n) is 25.9. The molecule has 0 heterocycles. The predicted molar refractivity (Wildman–Crippen MR) is 172 cm³/mol. The van der Waals surface area contributed by atoms with Gasteiger partial charge < -0.3 is 10.2 Å². The number of unbranched alkanes of at least 4 members (excludes halogenated alkanes) is 28.